The molecule has 1 amide bonds. The second-order valence-electron chi connectivity index (χ2n) is 8.58. The summed E-state index contributed by atoms with van der Waals surface area (Å²) in [6, 6.07) is 16.1. The van der Waals surface area contributed by atoms with E-state index in [0.717, 1.165) is 54.0 Å². The van der Waals surface area contributed by atoms with Gasteiger partial charge in [0.2, 0.25) is 0 Å². The number of fused-ring (bicyclic) bond motifs is 1. The summed E-state index contributed by atoms with van der Waals surface area (Å²) in [5.74, 6) is 2.25. The van der Waals surface area contributed by atoms with Gasteiger partial charge in [0.15, 0.2) is 0 Å². The molecule has 1 N–H and O–H groups in total. The number of nitrogens with zero attached hydrogens (tertiary/aromatic N) is 2. The van der Waals surface area contributed by atoms with Crippen LogP contribution in [0.2, 0.25) is 0 Å². The van der Waals surface area contributed by atoms with E-state index >= 15 is 0 Å². The van der Waals surface area contributed by atoms with E-state index in [9.17, 15) is 4.79 Å². The Bertz CT molecular complexity index is 1300. The smallest absolute Gasteiger partial charge is 0.279 e. The Hall–Kier alpha value is -3.65. The molecule has 180 valence electrons. The van der Waals surface area contributed by atoms with Gasteiger partial charge in [-0.25, -0.2) is 4.98 Å². The summed E-state index contributed by atoms with van der Waals surface area (Å²) in [5, 5.41) is 7.34. The number of rotatable bonds is 8. The van der Waals surface area contributed by atoms with E-state index in [-0.39, 0.29) is 12.0 Å². The van der Waals surface area contributed by atoms with Crippen LogP contribution in [0, 0.1) is 13.8 Å². The lowest BCUT2D eigenvalue weighted by molar-refractivity contribution is 0.0957. The van der Waals surface area contributed by atoms with Crippen molar-refractivity contribution in [2.75, 3.05) is 6.54 Å². The Labute approximate surface area is 208 Å². The normalized spacial score (nSPS) is 14.7. The first-order valence-corrected chi connectivity index (χ1v) is 12.6. The Morgan fingerprint density at radius 3 is 2.86 bits per heavy atom. The monoisotopic (exact) mass is 489 g/mol. The number of carbonyl (C=O) groups is 1. The molecule has 35 heavy (non-hydrogen) atoms. The van der Waals surface area contributed by atoms with Crippen molar-refractivity contribution in [1.29, 1.82) is 0 Å². The number of amides is 1. The van der Waals surface area contributed by atoms with Gasteiger partial charge in [-0.3, -0.25) is 4.79 Å². The zero-order chi connectivity index (χ0) is 24.2. The van der Waals surface area contributed by atoms with Gasteiger partial charge in [0.1, 0.15) is 28.2 Å². The maximum absolute atomic E-state index is 12.5. The molecular formula is C27H27N3O4S. The van der Waals surface area contributed by atoms with Crippen LogP contribution in [0.5, 0.6) is 16.7 Å². The van der Waals surface area contributed by atoms with Gasteiger partial charge in [0.25, 0.3) is 11.1 Å². The molecule has 2 aromatic carbocycles. The van der Waals surface area contributed by atoms with E-state index in [1.165, 1.54) is 16.9 Å². The molecule has 1 aliphatic heterocycles. The van der Waals surface area contributed by atoms with Crippen molar-refractivity contribution in [3.63, 3.8) is 0 Å². The number of nitrogens with one attached hydrogen (secondary N) is 1. The van der Waals surface area contributed by atoms with E-state index in [1.54, 1.807) is 6.20 Å². The lowest BCUT2D eigenvalue weighted by atomic mass is 9.97. The molecule has 3 heterocycles. The average Bonchev–Trinajstić information content (AvgIpc) is 3.48. The lowest BCUT2D eigenvalue weighted by Gasteiger charge is -2.26. The van der Waals surface area contributed by atoms with Crippen LogP contribution in [0.15, 0.2) is 59.3 Å². The molecule has 1 atom stereocenters. The molecule has 0 fully saturated rings. The average molecular weight is 490 g/mol. The van der Waals surface area contributed by atoms with Crippen LogP contribution in [-0.4, -0.2) is 22.6 Å². The molecule has 8 heteroatoms. The summed E-state index contributed by atoms with van der Waals surface area (Å²) in [7, 11) is 0. The number of thiazole rings is 1. The third kappa shape index (κ3) is 5.38. The van der Waals surface area contributed by atoms with Crippen LogP contribution in [0.25, 0.3) is 0 Å². The maximum atomic E-state index is 12.5. The zero-order valence-corrected chi connectivity index (χ0v) is 20.6. The molecule has 7 nitrogen and oxygen atoms in total. The summed E-state index contributed by atoms with van der Waals surface area (Å²) in [4.78, 5) is 17.3. The predicted octanol–water partition coefficient (Wildman–Crippen LogP) is 5.97. The van der Waals surface area contributed by atoms with E-state index in [0.29, 0.717) is 22.4 Å². The van der Waals surface area contributed by atoms with Gasteiger partial charge >= 0.3 is 0 Å². The Kier molecular flexibility index (Phi) is 6.81. The van der Waals surface area contributed by atoms with Crippen molar-refractivity contribution in [1.82, 2.24) is 15.5 Å². The van der Waals surface area contributed by atoms with Crippen LogP contribution >= 0.6 is 11.3 Å². The van der Waals surface area contributed by atoms with E-state index in [2.05, 4.69) is 27.6 Å². The molecule has 0 spiro atoms. The summed E-state index contributed by atoms with van der Waals surface area (Å²) < 4.78 is 17.3. The van der Waals surface area contributed by atoms with Crippen LogP contribution in [0.4, 0.5) is 0 Å². The second kappa shape index (κ2) is 10.3. The topological polar surface area (TPSA) is 86.5 Å². The fourth-order valence-corrected chi connectivity index (χ4v) is 4.96. The van der Waals surface area contributed by atoms with Crippen LogP contribution in [0.3, 0.4) is 0 Å². The summed E-state index contributed by atoms with van der Waals surface area (Å²) in [5.41, 5.74) is 4.32. The van der Waals surface area contributed by atoms with Gasteiger partial charge in [-0.05, 0) is 68.9 Å². The Balaban J connectivity index is 1.14. The molecule has 2 aromatic heterocycles. The minimum Gasteiger partial charge on any atom is -0.485 e. The SMILES string of the molecule is Cc1noc(C)c1CCCNC(=O)c1cnc(Oc2ccc3c(c2)CCC(c2ccccc2)O3)s1. The Morgan fingerprint density at radius 1 is 1.20 bits per heavy atom. The molecule has 1 unspecified atom stereocenters. The van der Waals surface area contributed by atoms with E-state index in [4.69, 9.17) is 14.0 Å². The minimum atomic E-state index is -0.151. The van der Waals surface area contributed by atoms with Crippen molar-refractivity contribution in [3.8, 4) is 16.7 Å². The number of benzene rings is 2. The zero-order valence-electron chi connectivity index (χ0n) is 19.7. The largest absolute Gasteiger partial charge is 0.485 e. The van der Waals surface area contributed by atoms with Gasteiger partial charge in [-0.2, -0.15) is 0 Å². The van der Waals surface area contributed by atoms with Crippen molar-refractivity contribution in [2.45, 2.75) is 45.6 Å². The second-order valence-corrected chi connectivity index (χ2v) is 9.57. The van der Waals surface area contributed by atoms with Crippen molar-refractivity contribution in [3.05, 3.63) is 87.7 Å². The molecule has 4 aromatic rings. The molecule has 0 bridgehead atoms. The van der Waals surface area contributed by atoms with E-state index in [1.807, 2.05) is 50.2 Å². The molecular weight excluding hydrogens is 462 g/mol. The molecule has 0 saturated heterocycles. The van der Waals surface area contributed by atoms with Crippen molar-refractivity contribution < 1.29 is 18.8 Å². The molecule has 5 rings (SSSR count). The van der Waals surface area contributed by atoms with Gasteiger partial charge in [-0.15, -0.1) is 0 Å². The number of aromatic nitrogens is 2. The number of hydrogen-bond donors (Lipinski definition) is 1. The summed E-state index contributed by atoms with van der Waals surface area (Å²) in [6.07, 6.45) is 5.06. The first kappa shape index (κ1) is 23.1. The van der Waals surface area contributed by atoms with Crippen LogP contribution < -0.4 is 14.8 Å². The highest BCUT2D eigenvalue weighted by Gasteiger charge is 2.22. The number of hydrogen-bond acceptors (Lipinski definition) is 7. The van der Waals surface area contributed by atoms with Gasteiger partial charge in [0.05, 0.1) is 11.9 Å². The molecule has 0 aliphatic carbocycles. The maximum Gasteiger partial charge on any atom is 0.279 e. The number of ether oxygens (including phenoxy) is 2. The summed E-state index contributed by atoms with van der Waals surface area (Å²) >= 11 is 1.23. The fraction of sp³-hybridized carbons (Fsp3) is 0.296. The highest BCUT2D eigenvalue weighted by atomic mass is 32.1. The fourth-order valence-electron chi connectivity index (χ4n) is 4.25. The summed E-state index contributed by atoms with van der Waals surface area (Å²) in [6.45, 7) is 4.40. The number of carbonyl (C=O) groups excluding carboxylic acids is 1. The number of aryl methyl sites for hydroxylation is 3. The first-order chi connectivity index (χ1) is 17.1. The highest BCUT2D eigenvalue weighted by Crippen LogP contribution is 2.38. The Morgan fingerprint density at radius 2 is 2.06 bits per heavy atom. The third-order valence-electron chi connectivity index (χ3n) is 6.13. The quantitative estimate of drug-likeness (QED) is 0.307. The van der Waals surface area contributed by atoms with Crippen LogP contribution in [-0.2, 0) is 12.8 Å². The van der Waals surface area contributed by atoms with Gasteiger partial charge in [-0.1, -0.05) is 46.8 Å². The minimum absolute atomic E-state index is 0.0694. The van der Waals surface area contributed by atoms with Crippen LogP contribution in [0.1, 0.15) is 56.8 Å². The lowest BCUT2D eigenvalue weighted by Crippen LogP contribution is -2.23. The third-order valence-corrected chi connectivity index (χ3v) is 7.01. The standard InChI is InChI=1S/C27H27N3O4S/c1-17-22(18(2)34-30-17)9-6-14-28-26(31)25-16-29-27(35-25)32-21-11-13-24-20(15-21)10-12-23(33-24)19-7-4-3-5-8-19/h3-5,7-8,11,13,15-16,23H,6,9-10,12,14H2,1-2H3,(H,28,31). The first-order valence-electron chi connectivity index (χ1n) is 11.7. The molecule has 0 radical (unpaired) electrons. The van der Waals surface area contributed by atoms with Gasteiger partial charge < -0.3 is 19.3 Å². The van der Waals surface area contributed by atoms with E-state index < -0.39 is 0 Å². The predicted molar refractivity (Wildman–Crippen MR) is 133 cm³/mol. The molecule has 0 saturated carbocycles. The highest BCUT2D eigenvalue weighted by molar-refractivity contribution is 7.15. The molecule has 1 aliphatic rings. The van der Waals surface area contributed by atoms with Gasteiger partial charge in [0, 0.05) is 12.1 Å². The van der Waals surface area contributed by atoms with Crippen molar-refractivity contribution in [2.24, 2.45) is 0 Å². The van der Waals surface area contributed by atoms with Crippen molar-refractivity contribution >= 4 is 17.2 Å².